The van der Waals surface area contributed by atoms with Gasteiger partial charge in [0.05, 0.1) is 27.1 Å². The molecule has 0 saturated heterocycles. The van der Waals surface area contributed by atoms with E-state index in [9.17, 15) is 44.2 Å². The number of nitrogens with zero attached hydrogens (tertiary/aromatic N) is 1. The van der Waals surface area contributed by atoms with Crippen molar-refractivity contribution in [2.45, 2.75) is 61.2 Å². The molecule has 49 heavy (non-hydrogen) atoms. The summed E-state index contributed by atoms with van der Waals surface area (Å²) in [6.07, 6.45) is 5.58. The molecule has 0 radical (unpaired) electrons. The Bertz CT molecular complexity index is 1960. The van der Waals surface area contributed by atoms with E-state index in [0.717, 1.165) is 0 Å². The van der Waals surface area contributed by atoms with Crippen LogP contribution >= 0.6 is 12.0 Å². The number of anilines is 1. The fourth-order valence-corrected chi connectivity index (χ4v) is 8.18. The van der Waals surface area contributed by atoms with Crippen LogP contribution in [0.15, 0.2) is 75.7 Å². The van der Waals surface area contributed by atoms with Crippen LogP contribution in [0.2, 0.25) is 0 Å². The SMILES string of the molecule is CC1(C)C(/C=C/C=C2/N(CCCCS(=O)(=O)[O-])c3ccc(S(=O)(=O)[O-])cc3C2(C)C)=C(CS(=O)(=O)O)c2ccc(SOO[O-])cc21.[K+].[K+].[K+]. The van der Waals surface area contributed by atoms with Gasteiger partial charge in [-0.15, -0.1) is 0 Å². The molecule has 1 heterocycles. The molecule has 13 nitrogen and oxygen atoms in total. The van der Waals surface area contributed by atoms with E-state index in [1.165, 1.54) is 18.2 Å². The maximum absolute atomic E-state index is 12.1. The van der Waals surface area contributed by atoms with Gasteiger partial charge in [0.1, 0.15) is 15.9 Å². The van der Waals surface area contributed by atoms with Crippen molar-refractivity contribution in [2.75, 3.05) is 23.0 Å². The summed E-state index contributed by atoms with van der Waals surface area (Å²) >= 11 is 0.681. The van der Waals surface area contributed by atoms with Crippen LogP contribution in [0.5, 0.6) is 0 Å². The van der Waals surface area contributed by atoms with Crippen molar-refractivity contribution in [1.82, 2.24) is 0 Å². The molecular formula is C29H32K3NO12S4. The number of rotatable bonds is 13. The first-order chi connectivity index (χ1) is 21.2. The first-order valence-corrected chi connectivity index (χ1v) is 19.2. The zero-order valence-corrected chi connectivity index (χ0v) is 40.9. The molecule has 252 valence electrons. The van der Waals surface area contributed by atoms with E-state index in [1.807, 2.05) is 32.6 Å². The molecule has 0 atom stereocenters. The van der Waals surface area contributed by atoms with Gasteiger partial charge in [-0.1, -0.05) is 45.9 Å². The Labute approximate surface area is 419 Å². The number of fused-ring (bicyclic) bond motifs is 2. The first-order valence-electron chi connectivity index (χ1n) is 13.8. The van der Waals surface area contributed by atoms with Crippen LogP contribution in [0, 0.1) is 0 Å². The molecule has 2 aromatic carbocycles. The number of allylic oxidation sites excluding steroid dienone is 5. The standard InChI is InChI=1S/C29H35NO12S4.3K/c1-28(2)23(22(18-45(35,36)37)21-12-10-19(16-24(21)28)43-42-41-31)8-7-9-27-29(3,4)25-17-20(46(38,39)40)11-13-26(25)30(27)14-5-6-15-44(32,33)34;;;/h7-13,16-17,31H,5-6,14-15,18H2,1-4H3,(H,32,33,34)(H,35,36,37)(H,38,39,40);;;/q;3*+1/p-3/b8-7+,27-9+;;;. The molecule has 0 fully saturated rings. The van der Waals surface area contributed by atoms with Crippen LogP contribution in [0.3, 0.4) is 0 Å². The van der Waals surface area contributed by atoms with E-state index in [1.54, 1.807) is 36.4 Å². The predicted molar refractivity (Wildman–Crippen MR) is 167 cm³/mol. The normalized spacial score (nSPS) is 17.4. The van der Waals surface area contributed by atoms with Gasteiger partial charge in [-0.3, -0.25) is 9.59 Å². The largest absolute Gasteiger partial charge is 1.00 e. The Morgan fingerprint density at radius 3 is 2.12 bits per heavy atom. The average Bonchev–Trinajstić information content (AvgIpc) is 3.26. The zero-order valence-electron chi connectivity index (χ0n) is 28.2. The van der Waals surface area contributed by atoms with Gasteiger partial charge in [-0.05, 0) is 77.1 Å². The van der Waals surface area contributed by atoms with Gasteiger partial charge in [0.2, 0.25) is 0 Å². The van der Waals surface area contributed by atoms with Crippen LogP contribution in [-0.2, 0) is 50.6 Å². The van der Waals surface area contributed by atoms with E-state index in [0.29, 0.717) is 62.6 Å². The third-order valence-electron chi connectivity index (χ3n) is 8.17. The van der Waals surface area contributed by atoms with E-state index in [2.05, 4.69) is 9.37 Å². The smallest absolute Gasteiger partial charge is 0.748 e. The van der Waals surface area contributed by atoms with Crippen molar-refractivity contribution in [3.05, 3.63) is 82.6 Å². The van der Waals surface area contributed by atoms with E-state index >= 15 is 0 Å². The second-order valence-corrected chi connectivity index (χ2v) is 17.1. The summed E-state index contributed by atoms with van der Waals surface area (Å²) in [7, 11) is -13.6. The second kappa shape index (κ2) is 19.5. The van der Waals surface area contributed by atoms with Gasteiger partial charge >= 0.3 is 154 Å². The second-order valence-electron chi connectivity index (χ2n) is 12.0. The minimum absolute atomic E-state index is 0. The van der Waals surface area contributed by atoms with E-state index in [-0.39, 0.29) is 167 Å². The molecule has 0 saturated carbocycles. The third kappa shape index (κ3) is 12.4. The van der Waals surface area contributed by atoms with Crippen molar-refractivity contribution in [3.8, 4) is 0 Å². The third-order valence-corrected chi connectivity index (χ3v) is 11.0. The summed E-state index contributed by atoms with van der Waals surface area (Å²) in [5.74, 6) is -1.20. The summed E-state index contributed by atoms with van der Waals surface area (Å²) < 4.78 is 107. The molecule has 1 aliphatic carbocycles. The minimum atomic E-state index is -4.75. The van der Waals surface area contributed by atoms with Gasteiger partial charge in [-0.25, -0.2) is 16.8 Å². The van der Waals surface area contributed by atoms with E-state index in [4.69, 9.17) is 0 Å². The number of unbranched alkanes of at least 4 members (excludes halogenated alkanes) is 1. The first kappa shape index (κ1) is 49.3. The summed E-state index contributed by atoms with van der Waals surface area (Å²) in [5, 5.41) is 13.8. The fraction of sp³-hybridized carbons (Fsp3) is 0.379. The van der Waals surface area contributed by atoms with E-state index < -0.39 is 57.6 Å². The fourth-order valence-electron chi connectivity index (χ4n) is 6.06. The molecule has 0 bridgehead atoms. The Hall–Kier alpha value is 2.33. The molecule has 2 aromatic rings. The van der Waals surface area contributed by atoms with Crippen molar-refractivity contribution in [1.29, 1.82) is 0 Å². The zero-order chi connectivity index (χ0) is 34.3. The molecule has 20 heteroatoms. The van der Waals surface area contributed by atoms with Gasteiger partial charge < -0.3 is 19.3 Å². The molecule has 0 unspecified atom stereocenters. The van der Waals surface area contributed by atoms with Crippen molar-refractivity contribution in [3.63, 3.8) is 0 Å². The van der Waals surface area contributed by atoms with Crippen molar-refractivity contribution >= 4 is 53.7 Å². The molecule has 2 aliphatic rings. The van der Waals surface area contributed by atoms with Gasteiger partial charge in [0, 0.05) is 39.4 Å². The van der Waals surface area contributed by atoms with Gasteiger partial charge in [0.25, 0.3) is 10.1 Å². The molecule has 1 aliphatic heterocycles. The topological polar surface area (TPSA) is 214 Å². The Morgan fingerprint density at radius 2 is 1.55 bits per heavy atom. The maximum Gasteiger partial charge on any atom is 1.00 e. The van der Waals surface area contributed by atoms with Crippen LogP contribution in [0.4, 0.5) is 5.69 Å². The summed E-state index contributed by atoms with van der Waals surface area (Å²) in [6, 6.07) is 9.04. The molecule has 1 N–H and O–H groups in total. The van der Waals surface area contributed by atoms with Crippen molar-refractivity contribution in [2.24, 2.45) is 0 Å². The van der Waals surface area contributed by atoms with Crippen LogP contribution in [0.1, 0.15) is 57.2 Å². The maximum atomic E-state index is 12.1. The van der Waals surface area contributed by atoms with Crippen LogP contribution < -0.4 is 164 Å². The molecular weight excluding hydrogens is 800 g/mol. The Balaban J connectivity index is 0.00000400. The number of hydrogen-bond donors (Lipinski definition) is 1. The number of hydrogen-bond acceptors (Lipinski definition) is 13. The Morgan fingerprint density at radius 1 is 0.898 bits per heavy atom. The summed E-state index contributed by atoms with van der Waals surface area (Å²) in [5.41, 5.74) is 2.47. The molecule has 0 aromatic heterocycles. The molecule has 0 amide bonds. The predicted octanol–water partition coefficient (Wildman–Crippen LogP) is -5.67. The monoisotopic (exact) mass is 831 g/mol. The Kier molecular flexibility index (Phi) is 19.6. The quantitative estimate of drug-likeness (QED) is 0.0498. The average molecular weight is 832 g/mol. The molecule has 4 rings (SSSR count). The minimum Gasteiger partial charge on any atom is -0.748 e. The summed E-state index contributed by atoms with van der Waals surface area (Å²) in [4.78, 5) is 1.98. The van der Waals surface area contributed by atoms with Crippen LogP contribution in [0.25, 0.3) is 5.57 Å². The molecule has 0 spiro atoms. The van der Waals surface area contributed by atoms with Crippen LogP contribution in [-0.4, -0.2) is 57.0 Å². The van der Waals surface area contributed by atoms with Crippen molar-refractivity contribution < 1.29 is 208 Å². The summed E-state index contributed by atoms with van der Waals surface area (Å²) in [6.45, 7) is 7.68. The number of benzene rings is 2. The van der Waals surface area contributed by atoms with Gasteiger partial charge in [-0.2, -0.15) is 12.8 Å². The van der Waals surface area contributed by atoms with Gasteiger partial charge in [0.15, 0.2) is 0 Å².